The van der Waals surface area contributed by atoms with Crippen LogP contribution in [-0.4, -0.2) is 25.1 Å². The Morgan fingerprint density at radius 2 is 2.35 bits per heavy atom. The third-order valence-electron chi connectivity index (χ3n) is 2.24. The summed E-state index contributed by atoms with van der Waals surface area (Å²) in [4.78, 5) is 4.46. The van der Waals surface area contributed by atoms with Gasteiger partial charge in [-0.25, -0.2) is 4.68 Å². The van der Waals surface area contributed by atoms with E-state index in [0.717, 1.165) is 18.5 Å². The minimum atomic E-state index is 0.192. The molecule has 0 N–H and O–H groups in total. The van der Waals surface area contributed by atoms with Crippen molar-refractivity contribution in [2.24, 2.45) is 0 Å². The van der Waals surface area contributed by atoms with Crippen LogP contribution in [0.3, 0.4) is 0 Å². The van der Waals surface area contributed by atoms with Gasteiger partial charge in [0.05, 0.1) is 16.7 Å². The van der Waals surface area contributed by atoms with Gasteiger partial charge in [0.15, 0.2) is 5.82 Å². The molecule has 2 aromatic heterocycles. The van der Waals surface area contributed by atoms with Crippen molar-refractivity contribution in [3.05, 3.63) is 23.6 Å². The van der Waals surface area contributed by atoms with Crippen molar-refractivity contribution in [3.8, 4) is 0 Å². The van der Waals surface area contributed by atoms with Gasteiger partial charge in [-0.15, -0.1) is 5.10 Å². The molecule has 0 bridgehead atoms. The number of alkyl halides is 1. The first-order valence-electron chi connectivity index (χ1n) is 5.54. The van der Waals surface area contributed by atoms with Gasteiger partial charge < -0.3 is 4.52 Å². The fraction of sp³-hybridized carbons (Fsp3) is 0.600. The molecule has 0 fully saturated rings. The van der Waals surface area contributed by atoms with E-state index >= 15 is 0 Å². The van der Waals surface area contributed by atoms with Gasteiger partial charge in [0.1, 0.15) is 6.54 Å². The molecule has 0 saturated heterocycles. The average molecular weight is 300 g/mol. The van der Waals surface area contributed by atoms with Crippen LogP contribution in [0.15, 0.2) is 10.7 Å². The van der Waals surface area contributed by atoms with Crippen molar-refractivity contribution >= 4 is 15.9 Å². The normalized spacial score (nSPS) is 12.9. The summed E-state index contributed by atoms with van der Waals surface area (Å²) in [7, 11) is 0. The van der Waals surface area contributed by atoms with Crippen LogP contribution in [0.2, 0.25) is 0 Å². The first-order valence-corrected chi connectivity index (χ1v) is 6.46. The molecule has 0 aromatic carbocycles. The zero-order chi connectivity index (χ0) is 12.3. The van der Waals surface area contributed by atoms with Gasteiger partial charge in [-0.2, -0.15) is 4.98 Å². The van der Waals surface area contributed by atoms with E-state index < -0.39 is 0 Å². The molecule has 1 unspecified atom stereocenters. The maximum atomic E-state index is 5.10. The van der Waals surface area contributed by atoms with Crippen LogP contribution in [0, 0.1) is 0 Å². The Kier molecular flexibility index (Phi) is 3.88. The lowest BCUT2D eigenvalue weighted by atomic mass is 10.3. The molecule has 0 saturated carbocycles. The van der Waals surface area contributed by atoms with Gasteiger partial charge in [-0.05, 0) is 13.3 Å². The Bertz CT molecular complexity index is 479. The maximum Gasteiger partial charge on any atom is 0.226 e. The minimum Gasteiger partial charge on any atom is -0.339 e. The second kappa shape index (κ2) is 5.39. The zero-order valence-electron chi connectivity index (χ0n) is 9.80. The van der Waals surface area contributed by atoms with E-state index in [1.807, 2.05) is 13.1 Å². The van der Waals surface area contributed by atoms with Crippen molar-refractivity contribution in [2.45, 2.75) is 38.1 Å². The number of aromatic nitrogens is 5. The van der Waals surface area contributed by atoms with Gasteiger partial charge in [0, 0.05) is 6.42 Å². The van der Waals surface area contributed by atoms with E-state index in [1.54, 1.807) is 4.68 Å². The van der Waals surface area contributed by atoms with E-state index in [1.165, 1.54) is 0 Å². The van der Waals surface area contributed by atoms with Crippen LogP contribution in [-0.2, 0) is 13.0 Å². The second-order valence-corrected chi connectivity index (χ2v) is 5.18. The number of halogens is 1. The molecule has 0 aliphatic carbocycles. The summed E-state index contributed by atoms with van der Waals surface area (Å²) in [6.07, 6.45) is 3.68. The number of hydrogen-bond acceptors (Lipinski definition) is 5. The molecule has 6 nitrogen and oxygen atoms in total. The van der Waals surface area contributed by atoms with Crippen molar-refractivity contribution in [3.63, 3.8) is 0 Å². The zero-order valence-corrected chi connectivity index (χ0v) is 11.4. The van der Waals surface area contributed by atoms with Gasteiger partial charge >= 0.3 is 0 Å². The molecule has 7 heteroatoms. The van der Waals surface area contributed by atoms with Crippen molar-refractivity contribution in [1.29, 1.82) is 0 Å². The quantitative estimate of drug-likeness (QED) is 0.791. The number of hydrogen-bond donors (Lipinski definition) is 0. The highest BCUT2D eigenvalue weighted by Crippen LogP contribution is 2.18. The molecule has 2 rings (SSSR count). The monoisotopic (exact) mass is 299 g/mol. The fourth-order valence-corrected chi connectivity index (χ4v) is 1.60. The fourth-order valence-electron chi connectivity index (χ4n) is 1.39. The van der Waals surface area contributed by atoms with Gasteiger partial charge in [0.25, 0.3) is 0 Å². The summed E-state index contributed by atoms with van der Waals surface area (Å²) >= 11 is 3.44. The summed E-state index contributed by atoms with van der Waals surface area (Å²) in [6, 6.07) is 0. The molecule has 0 spiro atoms. The topological polar surface area (TPSA) is 69.6 Å². The molecule has 2 aromatic rings. The number of aryl methyl sites for hydroxylation is 1. The van der Waals surface area contributed by atoms with E-state index in [2.05, 4.69) is 43.3 Å². The minimum absolute atomic E-state index is 0.192. The van der Waals surface area contributed by atoms with Gasteiger partial charge in [-0.1, -0.05) is 33.2 Å². The van der Waals surface area contributed by atoms with E-state index in [4.69, 9.17) is 4.52 Å². The summed E-state index contributed by atoms with van der Waals surface area (Å²) in [5.74, 6) is 1.31. The van der Waals surface area contributed by atoms with Crippen LogP contribution < -0.4 is 0 Å². The molecular formula is C10H14BrN5O. The van der Waals surface area contributed by atoms with E-state index in [9.17, 15) is 0 Å². The summed E-state index contributed by atoms with van der Waals surface area (Å²) < 4.78 is 6.80. The maximum absolute atomic E-state index is 5.10. The third kappa shape index (κ3) is 3.12. The van der Waals surface area contributed by atoms with Gasteiger partial charge in [0.2, 0.25) is 5.89 Å². The average Bonchev–Trinajstić information content (AvgIpc) is 2.89. The molecule has 0 amide bonds. The molecule has 17 heavy (non-hydrogen) atoms. The Morgan fingerprint density at radius 1 is 1.53 bits per heavy atom. The van der Waals surface area contributed by atoms with Crippen LogP contribution in [0.4, 0.5) is 0 Å². The van der Waals surface area contributed by atoms with Crippen LogP contribution >= 0.6 is 15.9 Å². The summed E-state index contributed by atoms with van der Waals surface area (Å²) in [5, 5.41) is 11.9. The smallest absolute Gasteiger partial charge is 0.226 e. The van der Waals surface area contributed by atoms with Crippen molar-refractivity contribution in [2.75, 3.05) is 0 Å². The Labute approximate surface area is 108 Å². The second-order valence-electron chi connectivity index (χ2n) is 3.81. The Balaban J connectivity index is 2.03. The van der Waals surface area contributed by atoms with Crippen molar-refractivity contribution < 1.29 is 4.52 Å². The Hall–Kier alpha value is -1.24. The highest BCUT2D eigenvalue weighted by molar-refractivity contribution is 9.09. The third-order valence-corrected chi connectivity index (χ3v) is 2.71. The summed E-state index contributed by atoms with van der Waals surface area (Å²) in [6.45, 7) is 4.56. The number of rotatable bonds is 5. The first-order chi connectivity index (χ1) is 8.19. The van der Waals surface area contributed by atoms with Crippen LogP contribution in [0.1, 0.15) is 42.5 Å². The predicted molar refractivity (Wildman–Crippen MR) is 64.8 cm³/mol. The predicted octanol–water partition coefficient (Wildman–Crippen LogP) is 2.12. The van der Waals surface area contributed by atoms with Crippen LogP contribution in [0.25, 0.3) is 0 Å². The molecule has 0 aliphatic heterocycles. The largest absolute Gasteiger partial charge is 0.339 e. The SMILES string of the molecule is CCCc1nc(Cn2cc(C(C)Br)nn2)no1. The van der Waals surface area contributed by atoms with Crippen LogP contribution in [0.5, 0.6) is 0 Å². The lowest BCUT2D eigenvalue weighted by molar-refractivity contribution is 0.370. The molecular weight excluding hydrogens is 286 g/mol. The van der Waals surface area contributed by atoms with E-state index in [-0.39, 0.29) is 4.83 Å². The highest BCUT2D eigenvalue weighted by Gasteiger charge is 2.09. The standard InChI is InChI=1S/C10H14BrN5O/c1-3-4-10-12-9(14-17-10)6-16-5-8(7(2)11)13-15-16/h5,7H,3-4,6H2,1-2H3. The van der Waals surface area contributed by atoms with Gasteiger partial charge in [-0.3, -0.25) is 0 Å². The highest BCUT2D eigenvalue weighted by atomic mass is 79.9. The Morgan fingerprint density at radius 3 is 3.00 bits per heavy atom. The lowest BCUT2D eigenvalue weighted by Gasteiger charge is -1.94. The first kappa shape index (κ1) is 12.2. The molecule has 0 radical (unpaired) electrons. The molecule has 92 valence electrons. The van der Waals surface area contributed by atoms with Crippen molar-refractivity contribution in [1.82, 2.24) is 25.1 Å². The molecule has 1 atom stereocenters. The van der Waals surface area contributed by atoms with E-state index in [0.29, 0.717) is 18.3 Å². The lowest BCUT2D eigenvalue weighted by Crippen LogP contribution is -2.02. The number of nitrogens with zero attached hydrogens (tertiary/aromatic N) is 5. The molecule has 2 heterocycles. The summed E-state index contributed by atoms with van der Waals surface area (Å²) in [5.41, 5.74) is 0.891. The molecule has 0 aliphatic rings.